The first-order chi connectivity index (χ1) is 7.83. The maximum Gasteiger partial charge on any atom is 0.487 e. The number of amidine groups is 2. The van der Waals surface area contributed by atoms with Gasteiger partial charge in [-0.05, 0) is 0 Å². The van der Waals surface area contributed by atoms with E-state index in [1.165, 1.54) is 0 Å². The smallest absolute Gasteiger partial charge is 0.244 e. The van der Waals surface area contributed by atoms with Gasteiger partial charge in [-0.3, -0.25) is 0 Å². The molecule has 0 saturated carbocycles. The first kappa shape index (κ1) is 14.6. The fraction of sp³-hybridized carbons (Fsp3) is 0.667. The summed E-state index contributed by atoms with van der Waals surface area (Å²) < 4.78 is 109. The Hall–Kier alpha value is -1.49. The third-order valence-electron chi connectivity index (χ3n) is 1.64. The maximum absolute atomic E-state index is 12.2. The molecule has 0 radical (unpaired) electrons. The van der Waals surface area contributed by atoms with Gasteiger partial charge in [0.25, 0.3) is 0 Å². The van der Waals surface area contributed by atoms with Crippen molar-refractivity contribution in [2.75, 3.05) is 6.67 Å². The van der Waals surface area contributed by atoms with Gasteiger partial charge in [0.2, 0.25) is 11.7 Å². The quantitative estimate of drug-likeness (QED) is 0.497. The van der Waals surface area contributed by atoms with Gasteiger partial charge < -0.3 is 0 Å². The molecule has 104 valence electrons. The van der Waals surface area contributed by atoms with Gasteiger partial charge in [-0.15, -0.1) is 13.2 Å². The van der Waals surface area contributed by atoms with Crippen LogP contribution in [0.1, 0.15) is 0 Å². The van der Waals surface area contributed by atoms with Crippen molar-refractivity contribution in [3.8, 4) is 0 Å². The van der Waals surface area contributed by atoms with Crippen LogP contribution in [-0.4, -0.2) is 41.9 Å². The van der Waals surface area contributed by atoms with Crippen LogP contribution in [0, 0.1) is 0 Å². The van der Waals surface area contributed by atoms with Crippen LogP contribution in [0.5, 0.6) is 0 Å². The number of halogens is 9. The van der Waals surface area contributed by atoms with Crippen LogP contribution < -0.4 is 0 Å². The summed E-state index contributed by atoms with van der Waals surface area (Å²) in [5.74, 6) is -4.95. The molecule has 0 spiro atoms. The predicted octanol–water partition coefficient (Wildman–Crippen LogP) is 2.70. The molecule has 18 heavy (non-hydrogen) atoms. The van der Waals surface area contributed by atoms with E-state index < -0.39 is 41.9 Å². The van der Waals surface area contributed by atoms with Gasteiger partial charge in [0.15, 0.2) is 0 Å². The minimum Gasteiger partial charge on any atom is -0.244 e. The second-order valence-corrected chi connectivity index (χ2v) is 2.95. The molecule has 1 rings (SSSR count). The molecule has 0 atom stereocenters. The molecule has 0 N–H and O–H groups in total. The van der Waals surface area contributed by atoms with E-state index in [1.54, 1.807) is 0 Å². The Morgan fingerprint density at radius 3 is 1.67 bits per heavy atom. The van der Waals surface area contributed by atoms with Crippen molar-refractivity contribution in [3.63, 3.8) is 0 Å². The number of aliphatic imine (C=N–C) groups is 2. The summed E-state index contributed by atoms with van der Waals surface area (Å²) >= 11 is 0. The van der Waals surface area contributed by atoms with E-state index in [1.807, 2.05) is 4.99 Å². The first-order valence-electron chi connectivity index (χ1n) is 3.95. The highest BCUT2D eigenvalue weighted by Crippen LogP contribution is 2.32. The third-order valence-corrected chi connectivity index (χ3v) is 1.64. The molecule has 1 aliphatic rings. The van der Waals surface area contributed by atoms with Crippen LogP contribution in [0.4, 0.5) is 39.5 Å². The zero-order valence-electron chi connectivity index (χ0n) is 7.95. The zero-order chi connectivity index (χ0) is 14.4. The fourth-order valence-electron chi connectivity index (χ4n) is 0.970. The topological polar surface area (TPSA) is 28.0 Å². The van der Waals surface area contributed by atoms with Crippen LogP contribution in [0.2, 0.25) is 0 Å². The zero-order valence-corrected chi connectivity index (χ0v) is 7.95. The second kappa shape index (κ2) is 4.02. The van der Waals surface area contributed by atoms with Crippen LogP contribution in [0.15, 0.2) is 9.98 Å². The largest absolute Gasteiger partial charge is 0.487 e. The Morgan fingerprint density at radius 2 is 1.33 bits per heavy atom. The maximum atomic E-state index is 12.2. The molecule has 3 nitrogen and oxygen atoms in total. The lowest BCUT2D eigenvalue weighted by molar-refractivity contribution is -0.227. The standard InChI is InChI=1S/C6H2F9N3/c7-4(8,9)2-16-1-18(6(13,14)15)3(17-2)5(10,11)12/h1H2. The molecule has 0 aromatic rings. The van der Waals surface area contributed by atoms with Crippen molar-refractivity contribution in [2.24, 2.45) is 9.98 Å². The van der Waals surface area contributed by atoms with Crippen molar-refractivity contribution >= 4 is 11.7 Å². The summed E-state index contributed by atoms with van der Waals surface area (Å²) in [7, 11) is 0. The normalized spacial score (nSPS) is 18.6. The first-order valence-corrected chi connectivity index (χ1v) is 3.95. The molecule has 0 saturated heterocycles. The van der Waals surface area contributed by atoms with Gasteiger partial charge in [-0.25, -0.2) is 14.9 Å². The van der Waals surface area contributed by atoms with Crippen molar-refractivity contribution < 1.29 is 39.5 Å². The SMILES string of the molecule is FC(F)(F)C1=NCN(C(F)(F)F)C(C(F)(F)F)=N1. The summed E-state index contributed by atoms with van der Waals surface area (Å²) in [5, 5.41) is 0. The summed E-state index contributed by atoms with van der Waals surface area (Å²) in [6.45, 7) is -1.85. The van der Waals surface area contributed by atoms with Crippen LogP contribution >= 0.6 is 0 Å². The van der Waals surface area contributed by atoms with Crippen molar-refractivity contribution in [1.29, 1.82) is 0 Å². The minimum absolute atomic E-state index is 1.32. The molecule has 1 aliphatic heterocycles. The Labute approximate surface area is 92.6 Å². The molecule has 1 heterocycles. The minimum atomic E-state index is -5.68. The van der Waals surface area contributed by atoms with E-state index in [2.05, 4.69) is 4.99 Å². The predicted molar refractivity (Wildman–Crippen MR) is 39.7 cm³/mol. The van der Waals surface area contributed by atoms with Gasteiger partial charge >= 0.3 is 18.7 Å². The van der Waals surface area contributed by atoms with E-state index in [0.717, 1.165) is 0 Å². The highest BCUT2D eigenvalue weighted by atomic mass is 19.4. The van der Waals surface area contributed by atoms with Gasteiger partial charge in [0.05, 0.1) is 0 Å². The molecule has 0 amide bonds. The summed E-state index contributed by atoms with van der Waals surface area (Å²) in [6.07, 6.45) is -16.6. The molecule has 0 fully saturated rings. The van der Waals surface area contributed by atoms with Gasteiger partial charge in [0, 0.05) is 0 Å². The average molecular weight is 287 g/mol. The number of alkyl halides is 9. The van der Waals surface area contributed by atoms with Gasteiger partial charge in [0.1, 0.15) is 6.67 Å². The molecule has 0 bridgehead atoms. The fourth-order valence-corrected chi connectivity index (χ4v) is 0.970. The van der Waals surface area contributed by atoms with Crippen LogP contribution in [-0.2, 0) is 0 Å². The van der Waals surface area contributed by atoms with E-state index in [4.69, 9.17) is 0 Å². The summed E-state index contributed by atoms with van der Waals surface area (Å²) in [4.78, 5) is 2.90. The van der Waals surface area contributed by atoms with E-state index in [0.29, 0.717) is 0 Å². The lowest BCUT2D eigenvalue weighted by atomic mass is 10.4. The molecule has 0 aliphatic carbocycles. The monoisotopic (exact) mass is 287 g/mol. The number of nitrogens with zero attached hydrogens (tertiary/aromatic N) is 3. The summed E-state index contributed by atoms with van der Waals surface area (Å²) in [6, 6.07) is 0. The van der Waals surface area contributed by atoms with Crippen LogP contribution in [0.25, 0.3) is 0 Å². The van der Waals surface area contributed by atoms with E-state index in [-0.39, 0.29) is 0 Å². The van der Waals surface area contributed by atoms with Gasteiger partial charge in [-0.2, -0.15) is 26.3 Å². The Balaban J connectivity index is 3.22. The summed E-state index contributed by atoms with van der Waals surface area (Å²) in [5.41, 5.74) is 0. The Kier molecular flexibility index (Phi) is 3.25. The molecule has 0 unspecified atom stereocenters. The molecule has 0 aromatic heterocycles. The lowest BCUT2D eigenvalue weighted by Crippen LogP contribution is -2.52. The third kappa shape index (κ3) is 3.04. The van der Waals surface area contributed by atoms with E-state index >= 15 is 0 Å². The Morgan fingerprint density at radius 1 is 0.833 bits per heavy atom. The highest BCUT2D eigenvalue weighted by Gasteiger charge is 2.53. The number of hydrogen-bond donors (Lipinski definition) is 0. The molecular weight excluding hydrogens is 285 g/mol. The number of hydrogen-bond acceptors (Lipinski definition) is 3. The van der Waals surface area contributed by atoms with Crippen LogP contribution in [0.3, 0.4) is 0 Å². The lowest BCUT2D eigenvalue weighted by Gasteiger charge is -2.30. The molecule has 12 heteroatoms. The van der Waals surface area contributed by atoms with Gasteiger partial charge in [-0.1, -0.05) is 0 Å². The van der Waals surface area contributed by atoms with Crippen molar-refractivity contribution in [1.82, 2.24) is 4.90 Å². The molecule has 0 aromatic carbocycles. The Bertz CT molecular complexity index is 385. The molecular formula is C6H2F9N3. The average Bonchev–Trinajstić information content (AvgIpc) is 2.12. The van der Waals surface area contributed by atoms with Crippen molar-refractivity contribution in [3.05, 3.63) is 0 Å². The van der Waals surface area contributed by atoms with Crippen molar-refractivity contribution in [2.45, 2.75) is 18.7 Å². The highest BCUT2D eigenvalue weighted by molar-refractivity contribution is 6.03. The second-order valence-electron chi connectivity index (χ2n) is 2.95. The number of rotatable bonds is 0. The van der Waals surface area contributed by atoms with E-state index in [9.17, 15) is 39.5 Å².